The summed E-state index contributed by atoms with van der Waals surface area (Å²) >= 11 is 0. The number of carbonyl (C=O) groups is 1. The molecule has 0 radical (unpaired) electrons. The fourth-order valence-corrected chi connectivity index (χ4v) is 4.65. The number of nitrogens with one attached hydrogen (secondary N) is 2. The van der Waals surface area contributed by atoms with Crippen LogP contribution in [-0.4, -0.2) is 30.6 Å². The molecule has 3 rings (SSSR count). The smallest absolute Gasteiger partial charge is 0.251 e. The van der Waals surface area contributed by atoms with Gasteiger partial charge in [0, 0.05) is 30.4 Å². The highest BCUT2D eigenvalue weighted by Crippen LogP contribution is 2.23. The summed E-state index contributed by atoms with van der Waals surface area (Å²) in [6.07, 6.45) is 6.33. The Kier molecular flexibility index (Phi) is 5.05. The molecule has 2 N–H and O–H groups in total. The van der Waals surface area contributed by atoms with Gasteiger partial charge in [0.25, 0.3) is 5.91 Å². The maximum Gasteiger partial charge on any atom is 0.251 e. The highest BCUT2D eigenvalue weighted by Gasteiger charge is 2.42. The van der Waals surface area contributed by atoms with Crippen LogP contribution in [0.15, 0.2) is 24.3 Å². The lowest BCUT2D eigenvalue weighted by Gasteiger charge is -2.46. The second-order valence-corrected chi connectivity index (χ2v) is 7.95. The topological polar surface area (TPSA) is 33.5 Å². The molecule has 0 spiro atoms. The lowest BCUT2D eigenvalue weighted by Crippen LogP contribution is -3.21. The molecule has 2 atom stereocenters. The SMILES string of the molecule is Cc1ccccc1C(=O)NC1C[C@H]2CCC[C@H](C1)[NH+]2CC(C)C. The predicted molar refractivity (Wildman–Crippen MR) is 93.8 cm³/mol. The van der Waals surface area contributed by atoms with E-state index >= 15 is 0 Å². The van der Waals surface area contributed by atoms with E-state index in [1.54, 1.807) is 0 Å². The quantitative estimate of drug-likeness (QED) is 0.878. The number of benzene rings is 1. The van der Waals surface area contributed by atoms with E-state index in [4.69, 9.17) is 0 Å². The van der Waals surface area contributed by atoms with Crippen LogP contribution in [0.1, 0.15) is 61.9 Å². The monoisotopic (exact) mass is 315 g/mol. The number of piperidine rings is 2. The molecule has 2 bridgehead atoms. The van der Waals surface area contributed by atoms with E-state index in [0.29, 0.717) is 6.04 Å². The minimum Gasteiger partial charge on any atom is -0.349 e. The van der Waals surface area contributed by atoms with Gasteiger partial charge in [-0.2, -0.15) is 0 Å². The van der Waals surface area contributed by atoms with E-state index in [1.807, 2.05) is 36.1 Å². The van der Waals surface area contributed by atoms with Gasteiger partial charge in [-0.05, 0) is 37.8 Å². The van der Waals surface area contributed by atoms with E-state index in [2.05, 4.69) is 19.2 Å². The molecule has 1 aromatic carbocycles. The molecule has 2 fully saturated rings. The summed E-state index contributed by atoms with van der Waals surface area (Å²) in [4.78, 5) is 14.4. The third-order valence-electron chi connectivity index (χ3n) is 5.66. The third kappa shape index (κ3) is 3.77. The molecule has 2 heterocycles. The van der Waals surface area contributed by atoms with Gasteiger partial charge in [-0.15, -0.1) is 0 Å². The van der Waals surface area contributed by atoms with Crippen molar-refractivity contribution < 1.29 is 9.69 Å². The number of rotatable bonds is 4. The standard InChI is InChI=1S/C20H30N2O/c1-14(2)13-22-17-8-6-9-18(22)12-16(11-17)21-20(23)19-10-5-4-7-15(19)3/h4-5,7,10,14,16-18H,6,8-9,11-13H2,1-3H3,(H,21,23)/p+1/t17-,18-/m1/s1. The number of quaternary nitrogens is 1. The van der Waals surface area contributed by atoms with Gasteiger partial charge in [-0.25, -0.2) is 0 Å². The molecule has 0 aliphatic carbocycles. The van der Waals surface area contributed by atoms with Crippen molar-refractivity contribution in [3.63, 3.8) is 0 Å². The fraction of sp³-hybridized carbons (Fsp3) is 0.650. The predicted octanol–water partition coefficient (Wildman–Crippen LogP) is 2.35. The average molecular weight is 315 g/mol. The Bertz CT molecular complexity index is 540. The molecule has 2 aliphatic rings. The van der Waals surface area contributed by atoms with Gasteiger partial charge in [0.15, 0.2) is 0 Å². The molecule has 1 aromatic rings. The molecule has 1 amide bonds. The zero-order valence-corrected chi connectivity index (χ0v) is 14.8. The number of amides is 1. The average Bonchev–Trinajstić information content (AvgIpc) is 2.47. The maximum atomic E-state index is 12.6. The Morgan fingerprint density at radius 3 is 2.48 bits per heavy atom. The normalized spacial score (nSPS) is 30.3. The van der Waals surface area contributed by atoms with E-state index in [9.17, 15) is 4.79 Å². The van der Waals surface area contributed by atoms with Crippen LogP contribution in [0.3, 0.4) is 0 Å². The molecule has 126 valence electrons. The summed E-state index contributed by atoms with van der Waals surface area (Å²) in [5.74, 6) is 0.865. The van der Waals surface area contributed by atoms with Crippen molar-refractivity contribution in [3.05, 3.63) is 35.4 Å². The molecule has 0 saturated carbocycles. The number of carbonyl (C=O) groups excluding carboxylic acids is 1. The summed E-state index contributed by atoms with van der Waals surface area (Å²) in [6.45, 7) is 7.95. The fourth-order valence-electron chi connectivity index (χ4n) is 4.65. The summed E-state index contributed by atoms with van der Waals surface area (Å²) < 4.78 is 0. The number of hydrogen-bond donors (Lipinski definition) is 2. The van der Waals surface area contributed by atoms with Crippen LogP contribution in [0.25, 0.3) is 0 Å². The van der Waals surface area contributed by atoms with Gasteiger partial charge in [-0.3, -0.25) is 4.79 Å². The third-order valence-corrected chi connectivity index (χ3v) is 5.66. The van der Waals surface area contributed by atoms with Crippen LogP contribution in [-0.2, 0) is 0 Å². The Morgan fingerprint density at radius 2 is 1.87 bits per heavy atom. The first-order valence-electron chi connectivity index (χ1n) is 9.26. The van der Waals surface area contributed by atoms with E-state index in [1.165, 1.54) is 25.8 Å². The Balaban J connectivity index is 1.65. The van der Waals surface area contributed by atoms with Crippen molar-refractivity contribution in [2.75, 3.05) is 6.54 Å². The van der Waals surface area contributed by atoms with Gasteiger partial charge < -0.3 is 10.2 Å². The van der Waals surface area contributed by atoms with Gasteiger partial charge >= 0.3 is 0 Å². The number of hydrogen-bond acceptors (Lipinski definition) is 1. The van der Waals surface area contributed by atoms with E-state index < -0.39 is 0 Å². The minimum atomic E-state index is 0.110. The van der Waals surface area contributed by atoms with Crippen LogP contribution < -0.4 is 10.2 Å². The Labute approximate surface area is 140 Å². The van der Waals surface area contributed by atoms with Gasteiger partial charge in [0.1, 0.15) is 0 Å². The van der Waals surface area contributed by atoms with Crippen molar-refractivity contribution >= 4 is 5.91 Å². The number of aryl methyl sites for hydroxylation is 1. The molecule has 0 aromatic heterocycles. The first kappa shape index (κ1) is 16.5. The van der Waals surface area contributed by atoms with Crippen LogP contribution in [0.4, 0.5) is 0 Å². The van der Waals surface area contributed by atoms with Gasteiger partial charge in [0.2, 0.25) is 0 Å². The largest absolute Gasteiger partial charge is 0.349 e. The zero-order chi connectivity index (χ0) is 16.4. The first-order valence-corrected chi connectivity index (χ1v) is 9.26. The van der Waals surface area contributed by atoms with Crippen molar-refractivity contribution in [2.45, 2.75) is 71.0 Å². The summed E-state index contributed by atoms with van der Waals surface area (Å²) in [5, 5.41) is 3.33. The van der Waals surface area contributed by atoms with Crippen LogP contribution >= 0.6 is 0 Å². The molecular weight excluding hydrogens is 284 g/mol. The van der Waals surface area contributed by atoms with Crippen LogP contribution in [0.2, 0.25) is 0 Å². The molecule has 2 saturated heterocycles. The van der Waals surface area contributed by atoms with Crippen molar-refractivity contribution in [2.24, 2.45) is 5.92 Å². The molecule has 23 heavy (non-hydrogen) atoms. The van der Waals surface area contributed by atoms with Gasteiger partial charge in [0.05, 0.1) is 18.6 Å². The van der Waals surface area contributed by atoms with Crippen LogP contribution in [0.5, 0.6) is 0 Å². The first-order chi connectivity index (χ1) is 11.0. The van der Waals surface area contributed by atoms with E-state index in [-0.39, 0.29) is 5.91 Å². The number of fused-ring (bicyclic) bond motifs is 2. The molecule has 0 unspecified atom stereocenters. The van der Waals surface area contributed by atoms with E-state index in [0.717, 1.165) is 42.0 Å². The summed E-state index contributed by atoms with van der Waals surface area (Å²) in [7, 11) is 0. The molecule has 3 nitrogen and oxygen atoms in total. The van der Waals surface area contributed by atoms with Crippen molar-refractivity contribution in [3.8, 4) is 0 Å². The zero-order valence-electron chi connectivity index (χ0n) is 14.8. The molecule has 3 heteroatoms. The lowest BCUT2D eigenvalue weighted by molar-refractivity contribution is -0.963. The lowest BCUT2D eigenvalue weighted by atomic mass is 9.81. The van der Waals surface area contributed by atoms with Crippen molar-refractivity contribution in [1.82, 2.24) is 5.32 Å². The minimum absolute atomic E-state index is 0.110. The van der Waals surface area contributed by atoms with Gasteiger partial charge in [-0.1, -0.05) is 32.0 Å². The van der Waals surface area contributed by atoms with Crippen molar-refractivity contribution in [1.29, 1.82) is 0 Å². The second kappa shape index (κ2) is 7.04. The highest BCUT2D eigenvalue weighted by atomic mass is 16.1. The summed E-state index contributed by atoms with van der Waals surface area (Å²) in [5.41, 5.74) is 1.89. The highest BCUT2D eigenvalue weighted by molar-refractivity contribution is 5.95. The molecule has 2 aliphatic heterocycles. The maximum absolute atomic E-state index is 12.6. The van der Waals surface area contributed by atoms with Crippen LogP contribution in [0, 0.1) is 12.8 Å². The Hall–Kier alpha value is -1.35. The Morgan fingerprint density at radius 1 is 1.22 bits per heavy atom. The second-order valence-electron chi connectivity index (χ2n) is 7.95. The molecular formula is C20H31N2O+. The summed E-state index contributed by atoms with van der Waals surface area (Å²) in [6, 6.07) is 9.73.